The van der Waals surface area contributed by atoms with Gasteiger partial charge in [-0.05, 0) is 39.8 Å². The smallest absolute Gasteiger partial charge is 0.0339 e. The van der Waals surface area contributed by atoms with Crippen LogP contribution in [0.4, 0.5) is 0 Å². The normalized spacial score (nSPS) is 13.2. The molecule has 0 aliphatic heterocycles. The minimum absolute atomic E-state index is 0.524. The first-order chi connectivity index (χ1) is 6.29. The lowest BCUT2D eigenvalue weighted by Crippen LogP contribution is -2.20. The highest BCUT2D eigenvalue weighted by Crippen LogP contribution is 2.29. The van der Waals surface area contributed by atoms with Gasteiger partial charge >= 0.3 is 0 Å². The van der Waals surface area contributed by atoms with Gasteiger partial charge in [0.15, 0.2) is 0 Å². The highest BCUT2D eigenvalue weighted by molar-refractivity contribution is 9.10. The summed E-state index contributed by atoms with van der Waals surface area (Å²) in [7, 11) is 0. The third-order valence-electron chi connectivity index (χ3n) is 2.05. The summed E-state index contributed by atoms with van der Waals surface area (Å²) in [6.07, 6.45) is 2.43. The minimum atomic E-state index is 0.524. The van der Waals surface area contributed by atoms with Crippen molar-refractivity contribution in [1.29, 1.82) is 0 Å². The summed E-state index contributed by atoms with van der Waals surface area (Å²) in [6.45, 7) is 5.42. The molecule has 1 atom stereocenters. The van der Waals surface area contributed by atoms with Gasteiger partial charge in [0.05, 0.1) is 0 Å². The molecule has 1 unspecified atom stereocenters. The predicted molar refractivity (Wildman–Crippen MR) is 63.3 cm³/mol. The molecule has 0 fully saturated rings. The maximum Gasteiger partial charge on any atom is 0.0339 e. The molecular formula is C10H16BrNS. The maximum atomic E-state index is 3.58. The van der Waals surface area contributed by atoms with Crippen LogP contribution in [0.3, 0.4) is 0 Å². The minimum Gasteiger partial charge on any atom is -0.310 e. The molecule has 1 aromatic rings. The fourth-order valence-corrected chi connectivity index (χ4v) is 3.07. The summed E-state index contributed by atoms with van der Waals surface area (Å²) in [5.74, 6) is 0. The number of thiophene rings is 1. The van der Waals surface area contributed by atoms with Gasteiger partial charge in [-0.1, -0.05) is 20.3 Å². The Hall–Kier alpha value is 0.140. The molecule has 0 radical (unpaired) electrons. The molecule has 0 amide bonds. The molecule has 1 rings (SSSR count). The first kappa shape index (κ1) is 11.2. The van der Waals surface area contributed by atoms with E-state index in [1.807, 2.05) is 0 Å². The van der Waals surface area contributed by atoms with Crippen molar-refractivity contribution in [1.82, 2.24) is 5.32 Å². The second-order valence-electron chi connectivity index (χ2n) is 3.07. The molecule has 0 aromatic carbocycles. The lowest BCUT2D eigenvalue weighted by molar-refractivity contribution is 0.509. The summed E-state index contributed by atoms with van der Waals surface area (Å²) < 4.78 is 1.25. The Morgan fingerprint density at radius 1 is 1.46 bits per heavy atom. The van der Waals surface area contributed by atoms with Gasteiger partial charge in [0.25, 0.3) is 0 Å². The van der Waals surface area contributed by atoms with Crippen LogP contribution in [0.5, 0.6) is 0 Å². The summed E-state index contributed by atoms with van der Waals surface area (Å²) in [5, 5.41) is 7.88. The van der Waals surface area contributed by atoms with Crippen molar-refractivity contribution >= 4 is 27.3 Å². The van der Waals surface area contributed by atoms with Crippen LogP contribution in [0, 0.1) is 0 Å². The molecule has 74 valence electrons. The molecule has 0 aliphatic rings. The Bertz CT molecular complexity index is 241. The highest BCUT2D eigenvalue weighted by atomic mass is 79.9. The first-order valence-electron chi connectivity index (χ1n) is 4.74. The van der Waals surface area contributed by atoms with Gasteiger partial charge in [-0.15, -0.1) is 0 Å². The first-order valence-corrected chi connectivity index (χ1v) is 6.48. The van der Waals surface area contributed by atoms with Crippen LogP contribution in [0.1, 0.15) is 38.3 Å². The Morgan fingerprint density at radius 2 is 2.23 bits per heavy atom. The summed E-state index contributed by atoms with van der Waals surface area (Å²) in [4.78, 5) is 0. The second kappa shape index (κ2) is 5.78. The topological polar surface area (TPSA) is 12.0 Å². The zero-order chi connectivity index (χ0) is 9.68. The Balaban J connectivity index is 2.69. The fourth-order valence-electron chi connectivity index (χ4n) is 1.44. The SMILES string of the molecule is CCCC(NCC)c1cscc1Br. The van der Waals surface area contributed by atoms with Gasteiger partial charge in [-0.25, -0.2) is 0 Å². The highest BCUT2D eigenvalue weighted by Gasteiger charge is 2.12. The van der Waals surface area contributed by atoms with Crippen LogP contribution < -0.4 is 5.32 Å². The predicted octanol–water partition coefficient (Wildman–Crippen LogP) is 3.96. The van der Waals surface area contributed by atoms with E-state index < -0.39 is 0 Å². The number of hydrogen-bond acceptors (Lipinski definition) is 2. The molecule has 0 spiro atoms. The Morgan fingerprint density at radius 3 is 2.69 bits per heavy atom. The fraction of sp³-hybridized carbons (Fsp3) is 0.600. The largest absolute Gasteiger partial charge is 0.310 e. The average molecular weight is 262 g/mol. The van der Waals surface area contributed by atoms with E-state index >= 15 is 0 Å². The lowest BCUT2D eigenvalue weighted by Gasteiger charge is -2.16. The number of rotatable bonds is 5. The van der Waals surface area contributed by atoms with Crippen molar-refractivity contribution in [2.24, 2.45) is 0 Å². The van der Waals surface area contributed by atoms with E-state index in [2.05, 4.69) is 45.9 Å². The number of hydrogen-bond donors (Lipinski definition) is 1. The van der Waals surface area contributed by atoms with Gasteiger partial charge < -0.3 is 5.32 Å². The third-order valence-corrected chi connectivity index (χ3v) is 3.80. The summed E-state index contributed by atoms with van der Waals surface area (Å²) in [6, 6.07) is 0.524. The molecule has 3 heteroatoms. The standard InChI is InChI=1S/C10H16BrNS/c1-3-5-10(12-4-2)8-6-13-7-9(8)11/h6-7,10,12H,3-5H2,1-2H3. The molecule has 1 N–H and O–H groups in total. The Labute approximate surface area is 92.7 Å². The van der Waals surface area contributed by atoms with Crippen LogP contribution in [0.25, 0.3) is 0 Å². The van der Waals surface area contributed by atoms with E-state index in [-0.39, 0.29) is 0 Å². The van der Waals surface area contributed by atoms with Gasteiger partial charge in [0.1, 0.15) is 0 Å². The van der Waals surface area contributed by atoms with E-state index in [1.165, 1.54) is 22.9 Å². The van der Waals surface area contributed by atoms with Crippen molar-refractivity contribution in [3.63, 3.8) is 0 Å². The van der Waals surface area contributed by atoms with E-state index in [4.69, 9.17) is 0 Å². The monoisotopic (exact) mass is 261 g/mol. The van der Waals surface area contributed by atoms with E-state index in [0.29, 0.717) is 6.04 Å². The van der Waals surface area contributed by atoms with Crippen LogP contribution in [0.2, 0.25) is 0 Å². The molecule has 1 heterocycles. The van der Waals surface area contributed by atoms with Crippen molar-refractivity contribution in [2.75, 3.05) is 6.54 Å². The van der Waals surface area contributed by atoms with Crippen LogP contribution >= 0.6 is 27.3 Å². The van der Waals surface area contributed by atoms with E-state index in [1.54, 1.807) is 11.3 Å². The summed E-state index contributed by atoms with van der Waals surface area (Å²) in [5.41, 5.74) is 1.41. The average Bonchev–Trinajstić information content (AvgIpc) is 2.51. The maximum absolute atomic E-state index is 3.58. The molecule has 0 saturated carbocycles. The van der Waals surface area contributed by atoms with Crippen molar-refractivity contribution in [3.8, 4) is 0 Å². The van der Waals surface area contributed by atoms with Gasteiger partial charge in [-0.2, -0.15) is 11.3 Å². The third kappa shape index (κ3) is 3.08. The van der Waals surface area contributed by atoms with E-state index in [9.17, 15) is 0 Å². The molecule has 0 aliphatic carbocycles. The lowest BCUT2D eigenvalue weighted by atomic mass is 10.1. The zero-order valence-corrected chi connectivity index (χ0v) is 10.5. The van der Waals surface area contributed by atoms with Crippen molar-refractivity contribution in [3.05, 3.63) is 20.8 Å². The number of halogens is 1. The quantitative estimate of drug-likeness (QED) is 0.846. The molecule has 0 saturated heterocycles. The molecule has 1 nitrogen and oxygen atoms in total. The van der Waals surface area contributed by atoms with Crippen LogP contribution in [0.15, 0.2) is 15.2 Å². The van der Waals surface area contributed by atoms with Crippen molar-refractivity contribution < 1.29 is 0 Å². The molecule has 13 heavy (non-hydrogen) atoms. The van der Waals surface area contributed by atoms with Crippen LogP contribution in [-0.2, 0) is 0 Å². The Kier molecular flexibility index (Phi) is 4.99. The van der Waals surface area contributed by atoms with Gasteiger partial charge in [-0.3, -0.25) is 0 Å². The van der Waals surface area contributed by atoms with Crippen molar-refractivity contribution in [2.45, 2.75) is 32.7 Å². The second-order valence-corrected chi connectivity index (χ2v) is 4.67. The molecule has 1 aromatic heterocycles. The zero-order valence-electron chi connectivity index (χ0n) is 8.14. The summed E-state index contributed by atoms with van der Waals surface area (Å²) >= 11 is 5.34. The van der Waals surface area contributed by atoms with Gasteiger partial charge in [0.2, 0.25) is 0 Å². The molecule has 0 bridgehead atoms. The van der Waals surface area contributed by atoms with E-state index in [0.717, 1.165) is 6.54 Å². The number of nitrogens with one attached hydrogen (secondary N) is 1. The molecular weight excluding hydrogens is 246 g/mol. The van der Waals surface area contributed by atoms with Crippen LogP contribution in [-0.4, -0.2) is 6.54 Å². The van der Waals surface area contributed by atoms with Gasteiger partial charge in [0, 0.05) is 15.9 Å².